The van der Waals surface area contributed by atoms with Gasteiger partial charge in [-0.15, -0.1) is 0 Å². The Kier molecular flexibility index (Phi) is 2.94. The van der Waals surface area contributed by atoms with Crippen LogP contribution in [0.25, 0.3) is 11.3 Å². The van der Waals surface area contributed by atoms with Gasteiger partial charge >= 0.3 is 0 Å². The largest absolute Gasteiger partial charge is 0.339 e. The monoisotopic (exact) mass is 314 g/mol. The number of anilines is 1. The maximum Gasteiger partial charge on any atom is 0.144 e. The number of rotatable bonds is 1. The zero-order valence-electron chi connectivity index (χ0n) is 11.6. The van der Waals surface area contributed by atoms with Crippen molar-refractivity contribution < 1.29 is 13.2 Å². The van der Waals surface area contributed by atoms with Gasteiger partial charge in [0.1, 0.15) is 29.0 Å². The first-order valence-electron chi connectivity index (χ1n) is 6.77. The van der Waals surface area contributed by atoms with Crippen molar-refractivity contribution in [3.8, 4) is 11.3 Å². The van der Waals surface area contributed by atoms with Crippen molar-refractivity contribution in [1.29, 1.82) is 0 Å². The number of aromatic amines is 1. The van der Waals surface area contributed by atoms with Gasteiger partial charge in [0.15, 0.2) is 0 Å². The Morgan fingerprint density at radius 3 is 2.52 bits per heavy atom. The van der Waals surface area contributed by atoms with Crippen LogP contribution in [0.5, 0.6) is 0 Å². The topological polar surface area (TPSA) is 53.1 Å². The smallest absolute Gasteiger partial charge is 0.144 e. The van der Waals surface area contributed by atoms with E-state index in [1.807, 2.05) is 0 Å². The van der Waals surface area contributed by atoms with E-state index < -0.39 is 17.5 Å². The zero-order chi connectivity index (χ0) is 16.0. The Hall–Kier alpha value is -3.09. The maximum atomic E-state index is 14.1. The summed E-state index contributed by atoms with van der Waals surface area (Å²) in [6.07, 6.45) is 1.41. The first kappa shape index (κ1) is 13.6. The maximum absolute atomic E-state index is 14.1. The normalized spacial score (nSPS) is 12.7. The van der Waals surface area contributed by atoms with E-state index in [2.05, 4.69) is 20.5 Å². The van der Waals surface area contributed by atoms with E-state index in [0.717, 1.165) is 12.1 Å². The molecular formula is C16H9F3N4. The molecule has 0 spiro atoms. The molecule has 0 radical (unpaired) electrons. The molecule has 0 aliphatic carbocycles. The number of fused-ring (bicyclic) bond motifs is 3. The Balaban J connectivity index is 1.97. The van der Waals surface area contributed by atoms with Crippen molar-refractivity contribution >= 4 is 17.2 Å². The Labute approximate surface area is 128 Å². The summed E-state index contributed by atoms with van der Waals surface area (Å²) < 4.78 is 41.7. The number of aliphatic imine (C=N–C) groups is 1. The number of halogens is 3. The second kappa shape index (κ2) is 4.98. The summed E-state index contributed by atoms with van der Waals surface area (Å²) in [7, 11) is 0. The number of H-pyrrole nitrogens is 1. The number of hydrogen-bond donors (Lipinski definition) is 2. The molecule has 2 aromatic carbocycles. The van der Waals surface area contributed by atoms with Crippen molar-refractivity contribution in [2.45, 2.75) is 0 Å². The van der Waals surface area contributed by atoms with Crippen LogP contribution < -0.4 is 5.32 Å². The fourth-order valence-electron chi connectivity index (χ4n) is 2.51. The molecule has 0 fully saturated rings. The fourth-order valence-corrected chi connectivity index (χ4v) is 2.51. The third-order valence-electron chi connectivity index (χ3n) is 3.56. The number of amidine groups is 1. The van der Waals surface area contributed by atoms with Crippen molar-refractivity contribution in [3.63, 3.8) is 0 Å². The van der Waals surface area contributed by atoms with Gasteiger partial charge in [0, 0.05) is 11.3 Å². The van der Waals surface area contributed by atoms with Crippen LogP contribution in [0.2, 0.25) is 0 Å². The van der Waals surface area contributed by atoms with Gasteiger partial charge in [0.25, 0.3) is 0 Å². The molecule has 0 atom stereocenters. The number of nitrogens with one attached hydrogen (secondary N) is 2. The second-order valence-corrected chi connectivity index (χ2v) is 5.00. The Morgan fingerprint density at radius 2 is 1.74 bits per heavy atom. The predicted molar refractivity (Wildman–Crippen MR) is 80.2 cm³/mol. The van der Waals surface area contributed by atoms with Crippen LogP contribution >= 0.6 is 0 Å². The van der Waals surface area contributed by atoms with E-state index in [-0.39, 0.29) is 11.4 Å². The molecule has 0 unspecified atom stereocenters. The van der Waals surface area contributed by atoms with Gasteiger partial charge in [-0.2, -0.15) is 5.10 Å². The average Bonchev–Trinajstić information content (AvgIpc) is 2.91. The summed E-state index contributed by atoms with van der Waals surface area (Å²) in [5.41, 5.74) is 1.50. The van der Waals surface area contributed by atoms with Crippen LogP contribution in [0.4, 0.5) is 24.5 Å². The van der Waals surface area contributed by atoms with Crippen LogP contribution in [0, 0.1) is 17.5 Å². The van der Waals surface area contributed by atoms with Gasteiger partial charge in [-0.05, 0) is 30.3 Å². The molecule has 2 heterocycles. The first-order chi connectivity index (χ1) is 11.1. The lowest BCUT2D eigenvalue weighted by Gasteiger charge is -2.12. The molecule has 3 aromatic rings. The lowest BCUT2D eigenvalue weighted by Crippen LogP contribution is -2.17. The molecule has 2 N–H and O–H groups in total. The minimum Gasteiger partial charge on any atom is -0.339 e. The number of hydrogen-bond acceptors (Lipinski definition) is 3. The summed E-state index contributed by atoms with van der Waals surface area (Å²) in [5, 5.41) is 9.48. The van der Waals surface area contributed by atoms with Crippen molar-refractivity contribution in [3.05, 3.63) is 65.6 Å². The van der Waals surface area contributed by atoms with E-state index in [4.69, 9.17) is 0 Å². The van der Waals surface area contributed by atoms with Crippen LogP contribution in [0.15, 0.2) is 47.6 Å². The van der Waals surface area contributed by atoms with Crippen LogP contribution in [0.1, 0.15) is 5.56 Å². The van der Waals surface area contributed by atoms with E-state index in [1.165, 1.54) is 30.5 Å². The molecular weight excluding hydrogens is 305 g/mol. The van der Waals surface area contributed by atoms with Gasteiger partial charge in [-0.1, -0.05) is 6.07 Å². The summed E-state index contributed by atoms with van der Waals surface area (Å²) in [4.78, 5) is 4.24. The SMILES string of the molecule is Fc1ccc2c(c1)-c1[nH]ncc1N=C(c1c(F)cccc1F)N2. The summed E-state index contributed by atoms with van der Waals surface area (Å²) in [6.45, 7) is 0. The molecule has 0 saturated carbocycles. The van der Waals surface area contributed by atoms with Crippen molar-refractivity contribution in [2.75, 3.05) is 5.32 Å². The highest BCUT2D eigenvalue weighted by Crippen LogP contribution is 2.37. The molecule has 1 aliphatic rings. The predicted octanol–water partition coefficient (Wildman–Crippen LogP) is 4.00. The molecule has 1 aliphatic heterocycles. The quantitative estimate of drug-likeness (QED) is 0.713. The number of aromatic nitrogens is 2. The number of benzene rings is 2. The highest BCUT2D eigenvalue weighted by atomic mass is 19.1. The minimum atomic E-state index is -0.744. The zero-order valence-corrected chi connectivity index (χ0v) is 11.6. The van der Waals surface area contributed by atoms with E-state index in [0.29, 0.717) is 22.6 Å². The highest BCUT2D eigenvalue weighted by molar-refractivity contribution is 6.13. The summed E-state index contributed by atoms with van der Waals surface area (Å²) >= 11 is 0. The number of nitrogens with zero attached hydrogens (tertiary/aromatic N) is 2. The van der Waals surface area contributed by atoms with E-state index >= 15 is 0 Å². The van der Waals surface area contributed by atoms with Gasteiger partial charge in [0.2, 0.25) is 0 Å². The van der Waals surface area contributed by atoms with E-state index in [1.54, 1.807) is 0 Å². The van der Waals surface area contributed by atoms with Gasteiger partial charge in [-0.25, -0.2) is 18.2 Å². The lowest BCUT2D eigenvalue weighted by atomic mass is 10.1. The summed E-state index contributed by atoms with van der Waals surface area (Å²) in [5.74, 6) is -1.93. The molecule has 0 bridgehead atoms. The lowest BCUT2D eigenvalue weighted by molar-refractivity contribution is 0.579. The molecule has 1 aromatic heterocycles. The minimum absolute atomic E-state index is 0.00592. The Bertz CT molecular complexity index is 926. The molecule has 114 valence electrons. The van der Waals surface area contributed by atoms with E-state index in [9.17, 15) is 13.2 Å². The molecule has 23 heavy (non-hydrogen) atoms. The first-order valence-corrected chi connectivity index (χ1v) is 6.77. The van der Waals surface area contributed by atoms with Crippen LogP contribution in [0.3, 0.4) is 0 Å². The molecule has 4 rings (SSSR count). The van der Waals surface area contributed by atoms with Gasteiger partial charge < -0.3 is 5.32 Å². The van der Waals surface area contributed by atoms with Crippen molar-refractivity contribution in [2.24, 2.45) is 4.99 Å². The van der Waals surface area contributed by atoms with Crippen LogP contribution in [-0.2, 0) is 0 Å². The van der Waals surface area contributed by atoms with Gasteiger partial charge in [-0.3, -0.25) is 5.10 Å². The van der Waals surface area contributed by atoms with Gasteiger partial charge in [0.05, 0.1) is 17.5 Å². The summed E-state index contributed by atoms with van der Waals surface area (Å²) in [6, 6.07) is 7.61. The van der Waals surface area contributed by atoms with Crippen LogP contribution in [-0.4, -0.2) is 16.0 Å². The molecule has 0 saturated heterocycles. The highest BCUT2D eigenvalue weighted by Gasteiger charge is 2.22. The average molecular weight is 314 g/mol. The standard InChI is InChI=1S/C16H9F3N4/c17-8-4-5-12-9(6-8)15-13(7-20-23-15)22-16(21-12)14-10(18)2-1-3-11(14)19/h1-7H,(H,20,23)(H,21,22). The third kappa shape index (κ3) is 2.17. The second-order valence-electron chi connectivity index (χ2n) is 5.00. The molecule has 4 nitrogen and oxygen atoms in total. The fraction of sp³-hybridized carbons (Fsp3) is 0. The molecule has 0 amide bonds. The van der Waals surface area contributed by atoms with Crippen molar-refractivity contribution in [1.82, 2.24) is 10.2 Å². The molecule has 7 heteroatoms. The third-order valence-corrected chi connectivity index (χ3v) is 3.56. The Morgan fingerprint density at radius 1 is 0.957 bits per heavy atom.